The molecule has 1 saturated heterocycles. The van der Waals surface area contributed by atoms with E-state index in [1.807, 2.05) is 26.0 Å². The molecular formula is C19H27NO6S. The molecule has 150 valence electrons. The van der Waals surface area contributed by atoms with Crippen LogP contribution in [0, 0.1) is 13.8 Å². The van der Waals surface area contributed by atoms with Gasteiger partial charge >= 0.3 is 5.97 Å². The van der Waals surface area contributed by atoms with Gasteiger partial charge in [0.15, 0.2) is 22.5 Å². The minimum absolute atomic E-state index is 0.0387. The number of hydrogen-bond acceptors (Lipinski definition) is 6. The molecule has 0 spiro atoms. The van der Waals surface area contributed by atoms with E-state index in [-0.39, 0.29) is 30.1 Å². The summed E-state index contributed by atoms with van der Waals surface area (Å²) in [6.45, 7) is 7.18. The lowest BCUT2D eigenvalue weighted by Gasteiger charge is -2.29. The maximum absolute atomic E-state index is 12.6. The largest absolute Gasteiger partial charge is 0.482 e. The monoisotopic (exact) mass is 397 g/mol. The number of ether oxygens (including phenoxy) is 2. The highest BCUT2D eigenvalue weighted by Crippen LogP contribution is 2.21. The molecule has 0 radical (unpaired) electrons. The molecule has 1 heterocycles. The van der Waals surface area contributed by atoms with Gasteiger partial charge in [-0.3, -0.25) is 4.79 Å². The number of amides is 1. The van der Waals surface area contributed by atoms with Crippen LogP contribution in [0.25, 0.3) is 0 Å². The van der Waals surface area contributed by atoms with E-state index in [4.69, 9.17) is 9.47 Å². The number of sulfone groups is 1. The fourth-order valence-corrected chi connectivity index (χ4v) is 4.88. The van der Waals surface area contributed by atoms with Gasteiger partial charge in [-0.25, -0.2) is 13.2 Å². The number of carbonyl (C=O) groups excluding carboxylic acids is 2. The number of benzene rings is 1. The maximum atomic E-state index is 12.6. The zero-order valence-electron chi connectivity index (χ0n) is 16.2. The van der Waals surface area contributed by atoms with Crippen molar-refractivity contribution < 1.29 is 27.5 Å². The molecule has 2 rings (SSSR count). The summed E-state index contributed by atoms with van der Waals surface area (Å²) in [5.74, 6) is -0.397. The molecule has 0 aliphatic carbocycles. The van der Waals surface area contributed by atoms with Crippen molar-refractivity contribution >= 4 is 21.7 Å². The van der Waals surface area contributed by atoms with E-state index < -0.39 is 21.9 Å². The first-order chi connectivity index (χ1) is 12.6. The van der Waals surface area contributed by atoms with Crippen LogP contribution in [-0.2, 0) is 24.2 Å². The van der Waals surface area contributed by atoms with Gasteiger partial charge in [-0.2, -0.15) is 0 Å². The van der Waals surface area contributed by atoms with E-state index in [1.54, 1.807) is 13.0 Å². The maximum Gasteiger partial charge on any atom is 0.344 e. The molecule has 1 aliphatic heterocycles. The number of aryl methyl sites for hydroxylation is 1. The predicted octanol–water partition coefficient (Wildman–Crippen LogP) is 1.65. The number of likely N-dealkylation sites (N-methyl/N-ethyl adjacent to an activating group) is 1. The Hall–Kier alpha value is -2.09. The van der Waals surface area contributed by atoms with Crippen molar-refractivity contribution in [1.29, 1.82) is 0 Å². The Morgan fingerprint density at radius 2 is 2.00 bits per heavy atom. The number of rotatable bonds is 7. The summed E-state index contributed by atoms with van der Waals surface area (Å²) in [6.07, 6.45) is -0.582. The molecule has 0 unspecified atom stereocenters. The predicted molar refractivity (Wildman–Crippen MR) is 101 cm³/mol. The third-order valence-electron chi connectivity index (χ3n) is 4.83. The standard InChI is InChI=1S/C19H27NO6S/c1-5-20(16-9-10-27(23,24)12-16)19(22)15(4)26-18(21)11-25-17-8-6-7-13(2)14(17)3/h6-8,15-16H,5,9-12H2,1-4H3/t15-,16-/m1/s1. The van der Waals surface area contributed by atoms with E-state index in [0.717, 1.165) is 11.1 Å². The Kier molecular flexibility index (Phi) is 6.86. The van der Waals surface area contributed by atoms with Crippen molar-refractivity contribution in [3.05, 3.63) is 29.3 Å². The number of esters is 1. The lowest BCUT2D eigenvalue weighted by Crippen LogP contribution is -2.46. The Balaban J connectivity index is 1.90. The van der Waals surface area contributed by atoms with E-state index >= 15 is 0 Å². The summed E-state index contributed by atoms with van der Waals surface area (Å²) in [5, 5.41) is 0. The van der Waals surface area contributed by atoms with Gasteiger partial charge in [0.05, 0.1) is 11.5 Å². The topological polar surface area (TPSA) is 90.0 Å². The first-order valence-corrected chi connectivity index (χ1v) is 10.9. The summed E-state index contributed by atoms with van der Waals surface area (Å²) < 4.78 is 34.0. The average Bonchev–Trinajstić information content (AvgIpc) is 2.96. The number of nitrogens with zero attached hydrogens (tertiary/aromatic N) is 1. The molecule has 27 heavy (non-hydrogen) atoms. The van der Waals surface area contributed by atoms with Crippen molar-refractivity contribution in [3.8, 4) is 5.75 Å². The zero-order chi connectivity index (χ0) is 20.2. The van der Waals surface area contributed by atoms with Gasteiger partial charge in [-0.1, -0.05) is 12.1 Å². The zero-order valence-corrected chi connectivity index (χ0v) is 17.0. The SMILES string of the molecule is CCN(C(=O)[C@@H](C)OC(=O)COc1cccc(C)c1C)[C@@H]1CCS(=O)(=O)C1. The minimum atomic E-state index is -3.10. The fourth-order valence-electron chi connectivity index (χ4n) is 3.15. The third kappa shape index (κ3) is 5.45. The molecule has 8 heteroatoms. The normalized spacial score (nSPS) is 19.3. The molecule has 1 aliphatic rings. The first-order valence-electron chi connectivity index (χ1n) is 9.04. The van der Waals surface area contributed by atoms with Crippen LogP contribution in [0.2, 0.25) is 0 Å². The third-order valence-corrected chi connectivity index (χ3v) is 6.58. The van der Waals surface area contributed by atoms with Crippen molar-refractivity contribution in [3.63, 3.8) is 0 Å². The summed E-state index contributed by atoms with van der Waals surface area (Å²) in [5.41, 5.74) is 1.99. The minimum Gasteiger partial charge on any atom is -0.482 e. The van der Waals surface area contributed by atoms with Gasteiger partial charge in [0.2, 0.25) is 0 Å². The van der Waals surface area contributed by atoms with Crippen molar-refractivity contribution in [2.45, 2.75) is 46.3 Å². The second-order valence-corrected chi connectivity index (χ2v) is 9.03. The smallest absolute Gasteiger partial charge is 0.344 e. The second-order valence-electron chi connectivity index (χ2n) is 6.80. The van der Waals surface area contributed by atoms with Crippen LogP contribution in [0.15, 0.2) is 18.2 Å². The van der Waals surface area contributed by atoms with Gasteiger partial charge in [0.25, 0.3) is 5.91 Å². The molecule has 0 bridgehead atoms. The number of carbonyl (C=O) groups is 2. The molecule has 1 fully saturated rings. The molecule has 2 atom stereocenters. The van der Waals surface area contributed by atoms with Crippen LogP contribution in [0.3, 0.4) is 0 Å². The lowest BCUT2D eigenvalue weighted by atomic mass is 10.1. The Morgan fingerprint density at radius 3 is 2.59 bits per heavy atom. The second kappa shape index (κ2) is 8.73. The molecule has 0 N–H and O–H groups in total. The molecule has 0 saturated carbocycles. The lowest BCUT2D eigenvalue weighted by molar-refractivity contribution is -0.161. The summed E-state index contributed by atoms with van der Waals surface area (Å²) >= 11 is 0. The Labute approximate surface area is 160 Å². The van der Waals surface area contributed by atoms with Gasteiger partial charge in [-0.15, -0.1) is 0 Å². The van der Waals surface area contributed by atoms with Gasteiger partial charge in [0, 0.05) is 12.6 Å². The van der Waals surface area contributed by atoms with Gasteiger partial charge in [-0.05, 0) is 51.3 Å². The van der Waals surface area contributed by atoms with Crippen LogP contribution < -0.4 is 4.74 Å². The highest BCUT2D eigenvalue weighted by Gasteiger charge is 2.36. The summed E-state index contributed by atoms with van der Waals surface area (Å²) in [4.78, 5) is 26.1. The Morgan fingerprint density at radius 1 is 1.30 bits per heavy atom. The van der Waals surface area contributed by atoms with Gasteiger partial charge < -0.3 is 14.4 Å². The van der Waals surface area contributed by atoms with Crippen LogP contribution in [0.5, 0.6) is 5.75 Å². The van der Waals surface area contributed by atoms with E-state index in [0.29, 0.717) is 18.7 Å². The highest BCUT2D eigenvalue weighted by atomic mass is 32.2. The summed E-state index contributed by atoms with van der Waals surface area (Å²) in [7, 11) is -3.10. The number of hydrogen-bond donors (Lipinski definition) is 0. The van der Waals surface area contributed by atoms with Crippen LogP contribution in [-0.4, -0.2) is 62.0 Å². The van der Waals surface area contributed by atoms with E-state index in [1.165, 1.54) is 11.8 Å². The highest BCUT2D eigenvalue weighted by molar-refractivity contribution is 7.91. The van der Waals surface area contributed by atoms with Crippen molar-refractivity contribution in [2.24, 2.45) is 0 Å². The molecule has 1 aromatic carbocycles. The van der Waals surface area contributed by atoms with Crippen LogP contribution in [0.4, 0.5) is 0 Å². The van der Waals surface area contributed by atoms with Gasteiger partial charge in [0.1, 0.15) is 5.75 Å². The van der Waals surface area contributed by atoms with Crippen LogP contribution >= 0.6 is 0 Å². The first kappa shape index (κ1) is 21.2. The molecule has 1 amide bonds. The van der Waals surface area contributed by atoms with Crippen molar-refractivity contribution in [2.75, 3.05) is 24.7 Å². The molecular weight excluding hydrogens is 370 g/mol. The average molecular weight is 397 g/mol. The van der Waals surface area contributed by atoms with E-state index in [9.17, 15) is 18.0 Å². The van der Waals surface area contributed by atoms with Crippen molar-refractivity contribution in [1.82, 2.24) is 4.90 Å². The Bertz CT molecular complexity index is 804. The summed E-state index contributed by atoms with van der Waals surface area (Å²) in [6, 6.07) is 5.19. The quantitative estimate of drug-likeness (QED) is 0.650. The molecule has 1 aromatic rings. The van der Waals surface area contributed by atoms with E-state index in [2.05, 4.69) is 0 Å². The van der Waals surface area contributed by atoms with Crippen LogP contribution in [0.1, 0.15) is 31.4 Å². The molecule has 0 aromatic heterocycles. The molecule has 7 nitrogen and oxygen atoms in total. The fraction of sp³-hybridized carbons (Fsp3) is 0.579.